The Labute approximate surface area is 123 Å². The highest BCUT2D eigenvalue weighted by Gasteiger charge is 2.09. The quantitative estimate of drug-likeness (QED) is 0.701. The lowest BCUT2D eigenvalue weighted by Crippen LogP contribution is -1.98. The molecule has 0 unspecified atom stereocenters. The van der Waals surface area contributed by atoms with Crippen LogP contribution in [0, 0.1) is 0 Å². The molecule has 3 aromatic rings. The normalized spacial score (nSPS) is 10.3. The lowest BCUT2D eigenvalue weighted by atomic mass is 10.0. The van der Waals surface area contributed by atoms with E-state index in [-0.39, 0.29) is 0 Å². The van der Waals surface area contributed by atoms with Crippen molar-refractivity contribution >= 4 is 11.4 Å². The summed E-state index contributed by atoms with van der Waals surface area (Å²) in [7, 11) is 0. The maximum absolute atomic E-state index is 5.97. The molecule has 0 fully saturated rings. The van der Waals surface area contributed by atoms with Crippen LogP contribution in [0.5, 0.6) is 11.5 Å². The van der Waals surface area contributed by atoms with Crippen LogP contribution < -0.4 is 16.2 Å². The third kappa shape index (κ3) is 2.67. The van der Waals surface area contributed by atoms with Crippen LogP contribution in [0.4, 0.5) is 11.4 Å². The molecular weight excluding hydrogens is 260 g/mol. The smallest absolute Gasteiger partial charge is 0.152 e. The maximum Gasteiger partial charge on any atom is 0.152 e. The van der Waals surface area contributed by atoms with Crippen LogP contribution >= 0.6 is 0 Å². The fraction of sp³-hybridized carbons (Fsp3) is 0. The first-order chi connectivity index (χ1) is 10.3. The molecule has 3 rings (SSSR count). The summed E-state index contributed by atoms with van der Waals surface area (Å²) < 4.78 is 5.97. The molecule has 0 saturated heterocycles. The van der Waals surface area contributed by atoms with Gasteiger partial charge in [0.05, 0.1) is 11.4 Å². The second-order valence-corrected chi connectivity index (χ2v) is 4.72. The van der Waals surface area contributed by atoms with Crippen LogP contribution in [0.3, 0.4) is 0 Å². The van der Waals surface area contributed by atoms with Gasteiger partial charge in [0.1, 0.15) is 5.75 Å². The molecule has 21 heavy (non-hydrogen) atoms. The summed E-state index contributed by atoms with van der Waals surface area (Å²) in [5, 5.41) is 0. The first kappa shape index (κ1) is 13.1. The van der Waals surface area contributed by atoms with E-state index in [4.69, 9.17) is 16.2 Å². The predicted molar refractivity (Wildman–Crippen MR) is 87.2 cm³/mol. The van der Waals surface area contributed by atoms with Gasteiger partial charge in [-0.2, -0.15) is 0 Å². The zero-order valence-electron chi connectivity index (χ0n) is 11.5. The SMILES string of the molecule is Nc1cccc(Oc2ccccc2-c2ccccc2)c1N. The van der Waals surface area contributed by atoms with Crippen molar-refractivity contribution < 1.29 is 4.74 Å². The molecule has 0 aliphatic heterocycles. The molecule has 0 aliphatic rings. The van der Waals surface area contributed by atoms with E-state index in [0.717, 1.165) is 16.9 Å². The molecule has 4 N–H and O–H groups in total. The zero-order chi connectivity index (χ0) is 14.7. The van der Waals surface area contributed by atoms with E-state index >= 15 is 0 Å². The number of hydrogen-bond donors (Lipinski definition) is 2. The third-order valence-corrected chi connectivity index (χ3v) is 3.29. The Balaban J connectivity index is 2.02. The van der Waals surface area contributed by atoms with Gasteiger partial charge in [-0.1, -0.05) is 54.6 Å². The second kappa shape index (κ2) is 5.59. The first-order valence-corrected chi connectivity index (χ1v) is 6.72. The Morgan fingerprint density at radius 1 is 0.619 bits per heavy atom. The highest BCUT2D eigenvalue weighted by Crippen LogP contribution is 2.36. The number of rotatable bonds is 3. The van der Waals surface area contributed by atoms with Gasteiger partial charge in [0.15, 0.2) is 5.75 Å². The van der Waals surface area contributed by atoms with E-state index < -0.39 is 0 Å². The number of nitrogen functional groups attached to an aromatic ring is 2. The maximum atomic E-state index is 5.97. The molecule has 0 saturated carbocycles. The van der Waals surface area contributed by atoms with Gasteiger partial charge in [0.2, 0.25) is 0 Å². The van der Waals surface area contributed by atoms with Gasteiger partial charge < -0.3 is 16.2 Å². The molecular formula is C18H16N2O. The molecule has 0 atom stereocenters. The van der Waals surface area contributed by atoms with E-state index in [1.54, 1.807) is 6.07 Å². The van der Waals surface area contributed by atoms with Gasteiger partial charge >= 0.3 is 0 Å². The van der Waals surface area contributed by atoms with Crippen molar-refractivity contribution in [3.05, 3.63) is 72.8 Å². The Morgan fingerprint density at radius 3 is 2.10 bits per heavy atom. The molecule has 3 nitrogen and oxygen atoms in total. The van der Waals surface area contributed by atoms with Crippen LogP contribution in [0.2, 0.25) is 0 Å². The Morgan fingerprint density at radius 2 is 1.29 bits per heavy atom. The van der Waals surface area contributed by atoms with Gasteiger partial charge in [0.25, 0.3) is 0 Å². The van der Waals surface area contributed by atoms with Crippen molar-refractivity contribution in [1.29, 1.82) is 0 Å². The van der Waals surface area contributed by atoms with Gasteiger partial charge in [-0.05, 0) is 23.8 Å². The summed E-state index contributed by atoms with van der Waals surface area (Å²) in [6, 6.07) is 23.3. The van der Waals surface area contributed by atoms with Crippen molar-refractivity contribution in [2.45, 2.75) is 0 Å². The lowest BCUT2D eigenvalue weighted by Gasteiger charge is -2.13. The van der Waals surface area contributed by atoms with Crippen LogP contribution in [0.25, 0.3) is 11.1 Å². The van der Waals surface area contributed by atoms with E-state index in [2.05, 4.69) is 0 Å². The third-order valence-electron chi connectivity index (χ3n) is 3.29. The van der Waals surface area contributed by atoms with E-state index in [0.29, 0.717) is 17.1 Å². The molecule has 0 bridgehead atoms. The molecule has 0 aliphatic carbocycles. The second-order valence-electron chi connectivity index (χ2n) is 4.72. The summed E-state index contributed by atoms with van der Waals surface area (Å²) >= 11 is 0. The van der Waals surface area contributed by atoms with E-state index in [1.165, 1.54) is 0 Å². The van der Waals surface area contributed by atoms with Crippen molar-refractivity contribution in [1.82, 2.24) is 0 Å². The molecule has 104 valence electrons. The highest BCUT2D eigenvalue weighted by atomic mass is 16.5. The number of ether oxygens (including phenoxy) is 1. The number of hydrogen-bond acceptors (Lipinski definition) is 3. The topological polar surface area (TPSA) is 61.3 Å². The molecule has 0 radical (unpaired) electrons. The zero-order valence-corrected chi connectivity index (χ0v) is 11.5. The Hall–Kier alpha value is -2.94. The van der Waals surface area contributed by atoms with Crippen molar-refractivity contribution in [2.75, 3.05) is 11.5 Å². The van der Waals surface area contributed by atoms with Crippen LogP contribution in [0.1, 0.15) is 0 Å². The number of nitrogens with two attached hydrogens (primary N) is 2. The molecule has 0 amide bonds. The minimum Gasteiger partial charge on any atom is -0.454 e. The largest absolute Gasteiger partial charge is 0.454 e. The van der Waals surface area contributed by atoms with Crippen molar-refractivity contribution in [3.63, 3.8) is 0 Å². The molecule has 0 heterocycles. The van der Waals surface area contributed by atoms with E-state index in [9.17, 15) is 0 Å². The average molecular weight is 276 g/mol. The lowest BCUT2D eigenvalue weighted by molar-refractivity contribution is 0.487. The number of anilines is 2. The molecule has 0 aromatic heterocycles. The first-order valence-electron chi connectivity index (χ1n) is 6.72. The van der Waals surface area contributed by atoms with Gasteiger partial charge in [0, 0.05) is 5.56 Å². The van der Waals surface area contributed by atoms with Gasteiger partial charge in [-0.25, -0.2) is 0 Å². The van der Waals surface area contributed by atoms with Crippen LogP contribution in [-0.4, -0.2) is 0 Å². The van der Waals surface area contributed by atoms with E-state index in [1.807, 2.05) is 66.7 Å². The van der Waals surface area contributed by atoms with Gasteiger partial charge in [-0.3, -0.25) is 0 Å². The van der Waals surface area contributed by atoms with Crippen LogP contribution in [-0.2, 0) is 0 Å². The summed E-state index contributed by atoms with van der Waals surface area (Å²) in [6.45, 7) is 0. The van der Waals surface area contributed by atoms with Crippen molar-refractivity contribution in [3.8, 4) is 22.6 Å². The Bertz CT molecular complexity index is 754. The molecule has 3 heteroatoms. The van der Waals surface area contributed by atoms with Crippen molar-refractivity contribution in [2.24, 2.45) is 0 Å². The van der Waals surface area contributed by atoms with Gasteiger partial charge in [-0.15, -0.1) is 0 Å². The summed E-state index contributed by atoms with van der Waals surface area (Å²) in [5.41, 5.74) is 14.9. The average Bonchev–Trinajstić information content (AvgIpc) is 2.53. The molecule has 0 spiro atoms. The number of benzene rings is 3. The predicted octanol–water partition coefficient (Wildman–Crippen LogP) is 4.31. The minimum atomic E-state index is 0.459. The standard InChI is InChI=1S/C18H16N2O/c19-15-10-6-12-17(18(15)20)21-16-11-5-4-9-14(16)13-7-2-1-3-8-13/h1-12H,19-20H2. The molecule has 3 aromatic carbocycles. The fourth-order valence-corrected chi connectivity index (χ4v) is 2.18. The summed E-state index contributed by atoms with van der Waals surface area (Å²) in [5.74, 6) is 1.32. The monoisotopic (exact) mass is 276 g/mol. The minimum absolute atomic E-state index is 0.459. The van der Waals surface area contributed by atoms with Crippen LogP contribution in [0.15, 0.2) is 72.8 Å². The summed E-state index contributed by atoms with van der Waals surface area (Å²) in [6.07, 6.45) is 0. The summed E-state index contributed by atoms with van der Waals surface area (Å²) in [4.78, 5) is 0. The fourth-order valence-electron chi connectivity index (χ4n) is 2.18. The number of para-hydroxylation sites is 2. The Kier molecular flexibility index (Phi) is 3.48. The highest BCUT2D eigenvalue weighted by molar-refractivity contribution is 5.74.